The Hall–Kier alpha value is -0.750. The smallest absolute Gasteiger partial charge is 0.325 e. The number of nitrogens with zero attached hydrogens (tertiary/aromatic N) is 1. The van der Waals surface area contributed by atoms with Crippen molar-refractivity contribution < 1.29 is 14.3 Å². The summed E-state index contributed by atoms with van der Waals surface area (Å²) < 4.78 is 5.64. The first kappa shape index (κ1) is 14.7. The van der Waals surface area contributed by atoms with Crippen LogP contribution in [0.2, 0.25) is 0 Å². The van der Waals surface area contributed by atoms with Crippen LogP contribution in [0.25, 0.3) is 0 Å². The van der Waals surface area contributed by atoms with Crippen LogP contribution in [0.3, 0.4) is 0 Å². The molecule has 2 aliphatic heterocycles. The van der Waals surface area contributed by atoms with Gasteiger partial charge in [-0.2, -0.15) is 11.8 Å². The Kier molecular flexibility index (Phi) is 4.73. The first-order valence-corrected chi connectivity index (χ1v) is 7.99. The topological polar surface area (TPSA) is 58.6 Å². The van der Waals surface area contributed by atoms with Gasteiger partial charge in [0.05, 0.1) is 6.10 Å². The highest BCUT2D eigenvalue weighted by atomic mass is 32.2. The molecule has 2 rings (SSSR count). The molecule has 1 atom stereocenters. The van der Waals surface area contributed by atoms with Crippen LogP contribution in [0.1, 0.15) is 33.1 Å². The summed E-state index contributed by atoms with van der Waals surface area (Å²) in [6, 6.07) is -0.274. The van der Waals surface area contributed by atoms with E-state index >= 15 is 0 Å². The third-order valence-electron chi connectivity index (χ3n) is 3.48. The van der Waals surface area contributed by atoms with E-state index in [4.69, 9.17) is 4.74 Å². The molecule has 19 heavy (non-hydrogen) atoms. The molecule has 0 aliphatic carbocycles. The molecule has 2 fully saturated rings. The SMILES string of the molecule is CC1(C)NC(=O)N(CCSC[C@H]2CCCCO2)C1=O. The van der Waals surface area contributed by atoms with E-state index in [0.29, 0.717) is 12.6 Å². The second-order valence-corrected chi connectivity index (χ2v) is 6.73. The first-order valence-electron chi connectivity index (χ1n) is 6.84. The second-order valence-electron chi connectivity index (χ2n) is 5.58. The van der Waals surface area contributed by atoms with Gasteiger partial charge in [-0.25, -0.2) is 4.79 Å². The van der Waals surface area contributed by atoms with Gasteiger partial charge in [-0.3, -0.25) is 9.69 Å². The Morgan fingerprint density at radius 2 is 2.21 bits per heavy atom. The minimum Gasteiger partial charge on any atom is -0.377 e. The zero-order valence-corrected chi connectivity index (χ0v) is 12.4. The summed E-state index contributed by atoms with van der Waals surface area (Å²) in [7, 11) is 0. The van der Waals surface area contributed by atoms with Crippen molar-refractivity contribution in [3.8, 4) is 0 Å². The average molecular weight is 286 g/mol. The quantitative estimate of drug-likeness (QED) is 0.616. The number of carbonyl (C=O) groups is 2. The molecule has 2 aliphatic rings. The molecule has 3 amide bonds. The van der Waals surface area contributed by atoms with Crippen molar-refractivity contribution in [3.63, 3.8) is 0 Å². The summed E-state index contributed by atoms with van der Waals surface area (Å²) in [5.41, 5.74) is -0.756. The van der Waals surface area contributed by atoms with Crippen LogP contribution >= 0.6 is 11.8 Å². The third-order valence-corrected chi connectivity index (χ3v) is 4.56. The predicted octanol–water partition coefficient (Wildman–Crippen LogP) is 1.62. The molecule has 0 aromatic rings. The molecule has 5 nitrogen and oxygen atoms in total. The maximum Gasteiger partial charge on any atom is 0.325 e. The minimum absolute atomic E-state index is 0.132. The average Bonchev–Trinajstić information content (AvgIpc) is 2.57. The van der Waals surface area contributed by atoms with Gasteiger partial charge in [-0.05, 0) is 33.1 Å². The number of hydrogen-bond donors (Lipinski definition) is 1. The Balaban J connectivity index is 1.68. The van der Waals surface area contributed by atoms with Crippen molar-refractivity contribution in [2.24, 2.45) is 0 Å². The number of hydrogen-bond acceptors (Lipinski definition) is 4. The highest BCUT2D eigenvalue weighted by molar-refractivity contribution is 7.99. The van der Waals surface area contributed by atoms with Crippen molar-refractivity contribution in [1.29, 1.82) is 0 Å². The zero-order chi connectivity index (χ0) is 13.9. The van der Waals surface area contributed by atoms with Gasteiger partial charge in [0.15, 0.2) is 0 Å². The van der Waals surface area contributed by atoms with Crippen LogP contribution in [0, 0.1) is 0 Å². The summed E-state index contributed by atoms with van der Waals surface area (Å²) in [6.45, 7) is 4.81. The fourth-order valence-electron chi connectivity index (χ4n) is 2.33. The molecule has 2 saturated heterocycles. The van der Waals surface area contributed by atoms with Gasteiger partial charge in [0, 0.05) is 24.7 Å². The summed E-state index contributed by atoms with van der Waals surface area (Å²) in [5, 5.41) is 2.69. The van der Waals surface area contributed by atoms with Gasteiger partial charge in [0.1, 0.15) is 5.54 Å². The van der Waals surface area contributed by atoms with Gasteiger partial charge in [0.2, 0.25) is 0 Å². The van der Waals surface area contributed by atoms with E-state index in [1.807, 2.05) is 0 Å². The Morgan fingerprint density at radius 3 is 2.79 bits per heavy atom. The fraction of sp³-hybridized carbons (Fsp3) is 0.846. The van der Waals surface area contributed by atoms with Gasteiger partial charge >= 0.3 is 6.03 Å². The van der Waals surface area contributed by atoms with Gasteiger partial charge in [0.25, 0.3) is 5.91 Å². The normalized spacial score (nSPS) is 26.6. The summed E-state index contributed by atoms with van der Waals surface area (Å²) in [6.07, 6.45) is 3.88. The van der Waals surface area contributed by atoms with Crippen LogP contribution in [-0.2, 0) is 9.53 Å². The molecule has 0 aromatic heterocycles. The third kappa shape index (κ3) is 3.63. The van der Waals surface area contributed by atoms with E-state index < -0.39 is 5.54 Å². The largest absolute Gasteiger partial charge is 0.377 e. The number of amides is 3. The van der Waals surface area contributed by atoms with E-state index in [2.05, 4.69) is 5.32 Å². The predicted molar refractivity (Wildman–Crippen MR) is 75.2 cm³/mol. The number of nitrogens with one attached hydrogen (secondary N) is 1. The molecule has 0 spiro atoms. The van der Waals surface area contributed by atoms with E-state index in [1.54, 1.807) is 25.6 Å². The maximum absolute atomic E-state index is 11.9. The van der Waals surface area contributed by atoms with Crippen molar-refractivity contribution >= 4 is 23.7 Å². The maximum atomic E-state index is 11.9. The summed E-state index contributed by atoms with van der Waals surface area (Å²) in [4.78, 5) is 24.9. The Morgan fingerprint density at radius 1 is 1.42 bits per heavy atom. The lowest BCUT2D eigenvalue weighted by molar-refractivity contribution is -0.130. The fourth-order valence-corrected chi connectivity index (χ4v) is 3.33. The first-order chi connectivity index (χ1) is 9.00. The molecule has 1 N–H and O–H groups in total. The van der Waals surface area contributed by atoms with E-state index in [9.17, 15) is 9.59 Å². The van der Waals surface area contributed by atoms with Crippen molar-refractivity contribution in [2.45, 2.75) is 44.8 Å². The number of ether oxygens (including phenoxy) is 1. The van der Waals surface area contributed by atoms with E-state index in [1.165, 1.54) is 17.7 Å². The summed E-state index contributed by atoms with van der Waals surface area (Å²) in [5.74, 6) is 1.59. The standard InChI is InChI=1S/C13H22N2O3S/c1-13(2)11(16)15(12(17)14-13)6-8-19-9-10-5-3-4-7-18-10/h10H,3-9H2,1-2H3,(H,14,17)/t10-/m1/s1. The number of urea groups is 1. The lowest BCUT2D eigenvalue weighted by Gasteiger charge is -2.22. The number of rotatable bonds is 5. The Labute approximate surface area is 118 Å². The molecule has 108 valence electrons. The van der Waals surface area contributed by atoms with Crippen molar-refractivity contribution in [2.75, 3.05) is 24.7 Å². The van der Waals surface area contributed by atoms with Gasteiger partial charge in [-0.15, -0.1) is 0 Å². The monoisotopic (exact) mass is 286 g/mol. The lowest BCUT2D eigenvalue weighted by atomic mass is 10.1. The lowest BCUT2D eigenvalue weighted by Crippen LogP contribution is -2.40. The Bertz CT molecular complexity index is 354. The zero-order valence-electron chi connectivity index (χ0n) is 11.6. The van der Waals surface area contributed by atoms with Crippen LogP contribution in [0.15, 0.2) is 0 Å². The molecule has 0 radical (unpaired) electrons. The van der Waals surface area contributed by atoms with Gasteiger partial charge in [-0.1, -0.05) is 0 Å². The summed E-state index contributed by atoms with van der Waals surface area (Å²) >= 11 is 1.75. The van der Waals surface area contributed by atoms with E-state index in [0.717, 1.165) is 24.5 Å². The minimum atomic E-state index is -0.756. The number of thioether (sulfide) groups is 1. The van der Waals surface area contributed by atoms with Crippen LogP contribution < -0.4 is 5.32 Å². The molecular formula is C13H22N2O3S. The number of carbonyl (C=O) groups excluding carboxylic acids is 2. The van der Waals surface area contributed by atoms with Crippen molar-refractivity contribution in [3.05, 3.63) is 0 Å². The molecule has 0 bridgehead atoms. The highest BCUT2D eigenvalue weighted by Gasteiger charge is 2.43. The molecule has 6 heteroatoms. The molecular weight excluding hydrogens is 264 g/mol. The van der Waals surface area contributed by atoms with Crippen LogP contribution in [0.5, 0.6) is 0 Å². The second kappa shape index (κ2) is 6.13. The highest BCUT2D eigenvalue weighted by Crippen LogP contribution is 2.19. The van der Waals surface area contributed by atoms with E-state index in [-0.39, 0.29) is 11.9 Å². The van der Waals surface area contributed by atoms with Crippen molar-refractivity contribution in [1.82, 2.24) is 10.2 Å². The van der Waals surface area contributed by atoms with Crippen LogP contribution in [0.4, 0.5) is 4.79 Å². The molecule has 0 aromatic carbocycles. The molecule has 0 unspecified atom stereocenters. The van der Waals surface area contributed by atoms with Crippen LogP contribution in [-0.4, -0.2) is 53.1 Å². The molecule has 0 saturated carbocycles. The van der Waals surface area contributed by atoms with Gasteiger partial charge < -0.3 is 10.1 Å². The number of imide groups is 1. The molecule has 2 heterocycles.